The summed E-state index contributed by atoms with van der Waals surface area (Å²) < 4.78 is 0. The SMILES string of the molecule is CCN1CCN(c2ccc(N)c(C3CC3)c2)CC1. The van der Waals surface area contributed by atoms with E-state index in [1.165, 1.54) is 43.7 Å². The molecule has 98 valence electrons. The molecule has 3 rings (SSSR count). The largest absolute Gasteiger partial charge is 0.398 e. The Hall–Kier alpha value is -1.22. The summed E-state index contributed by atoms with van der Waals surface area (Å²) in [5.74, 6) is 0.738. The van der Waals surface area contributed by atoms with Crippen LogP contribution in [0.3, 0.4) is 0 Å². The molecule has 1 saturated carbocycles. The van der Waals surface area contributed by atoms with Gasteiger partial charge in [-0.3, -0.25) is 0 Å². The van der Waals surface area contributed by atoms with Crippen LogP contribution in [0, 0.1) is 0 Å². The molecule has 3 heteroatoms. The number of likely N-dealkylation sites (N-methyl/N-ethyl adjacent to an activating group) is 1. The summed E-state index contributed by atoms with van der Waals surface area (Å²) in [5, 5.41) is 0. The summed E-state index contributed by atoms with van der Waals surface area (Å²) in [4.78, 5) is 5.01. The van der Waals surface area contributed by atoms with Crippen molar-refractivity contribution in [2.24, 2.45) is 0 Å². The molecule has 0 unspecified atom stereocenters. The zero-order valence-corrected chi connectivity index (χ0v) is 11.2. The molecule has 3 nitrogen and oxygen atoms in total. The molecule has 0 spiro atoms. The summed E-state index contributed by atoms with van der Waals surface area (Å²) >= 11 is 0. The van der Waals surface area contributed by atoms with E-state index in [-0.39, 0.29) is 0 Å². The lowest BCUT2D eigenvalue weighted by atomic mass is 10.1. The molecule has 0 radical (unpaired) electrons. The fourth-order valence-electron chi connectivity index (χ4n) is 2.83. The molecule has 2 aliphatic rings. The Morgan fingerprint density at radius 2 is 1.89 bits per heavy atom. The van der Waals surface area contributed by atoms with Crippen LogP contribution in [0.2, 0.25) is 0 Å². The maximum Gasteiger partial charge on any atom is 0.0371 e. The van der Waals surface area contributed by atoms with E-state index < -0.39 is 0 Å². The summed E-state index contributed by atoms with van der Waals surface area (Å²) in [6.45, 7) is 8.05. The first kappa shape index (κ1) is 11.8. The fourth-order valence-corrected chi connectivity index (χ4v) is 2.83. The van der Waals surface area contributed by atoms with Crippen molar-refractivity contribution < 1.29 is 0 Å². The fraction of sp³-hybridized carbons (Fsp3) is 0.600. The lowest BCUT2D eigenvalue weighted by Gasteiger charge is -2.35. The number of benzene rings is 1. The van der Waals surface area contributed by atoms with Crippen LogP contribution in [-0.4, -0.2) is 37.6 Å². The van der Waals surface area contributed by atoms with Crippen molar-refractivity contribution in [1.82, 2.24) is 4.90 Å². The molecule has 0 amide bonds. The van der Waals surface area contributed by atoms with Crippen LogP contribution in [0.4, 0.5) is 11.4 Å². The minimum absolute atomic E-state index is 0.738. The molecule has 0 bridgehead atoms. The van der Waals surface area contributed by atoms with E-state index in [2.05, 4.69) is 34.9 Å². The van der Waals surface area contributed by atoms with E-state index in [1.54, 1.807) is 0 Å². The molecule has 1 aromatic rings. The first-order valence-electron chi connectivity index (χ1n) is 7.14. The molecule has 1 heterocycles. The third-order valence-corrected chi connectivity index (χ3v) is 4.27. The summed E-state index contributed by atoms with van der Waals surface area (Å²) in [7, 11) is 0. The van der Waals surface area contributed by atoms with Gasteiger partial charge < -0.3 is 15.5 Å². The Bertz CT molecular complexity index is 418. The van der Waals surface area contributed by atoms with Crippen LogP contribution in [0.15, 0.2) is 18.2 Å². The second kappa shape index (κ2) is 4.81. The van der Waals surface area contributed by atoms with Crippen LogP contribution in [-0.2, 0) is 0 Å². The number of piperazine rings is 1. The summed E-state index contributed by atoms with van der Waals surface area (Å²) in [6.07, 6.45) is 2.63. The van der Waals surface area contributed by atoms with E-state index >= 15 is 0 Å². The third kappa shape index (κ3) is 2.32. The molecule has 1 aliphatic heterocycles. The quantitative estimate of drug-likeness (QED) is 0.829. The zero-order chi connectivity index (χ0) is 12.5. The Balaban J connectivity index is 1.74. The highest BCUT2D eigenvalue weighted by molar-refractivity contribution is 5.60. The van der Waals surface area contributed by atoms with Crippen molar-refractivity contribution >= 4 is 11.4 Å². The van der Waals surface area contributed by atoms with Gasteiger partial charge in [0, 0.05) is 37.6 Å². The monoisotopic (exact) mass is 245 g/mol. The van der Waals surface area contributed by atoms with E-state index in [0.717, 1.165) is 24.7 Å². The van der Waals surface area contributed by atoms with Crippen LogP contribution >= 0.6 is 0 Å². The third-order valence-electron chi connectivity index (χ3n) is 4.27. The van der Waals surface area contributed by atoms with Gasteiger partial charge in [-0.15, -0.1) is 0 Å². The highest BCUT2D eigenvalue weighted by atomic mass is 15.3. The maximum absolute atomic E-state index is 6.08. The van der Waals surface area contributed by atoms with Gasteiger partial charge in [0.15, 0.2) is 0 Å². The first-order chi connectivity index (χ1) is 8.78. The molecule has 1 saturated heterocycles. The highest BCUT2D eigenvalue weighted by Crippen LogP contribution is 2.43. The van der Waals surface area contributed by atoms with Gasteiger partial charge >= 0.3 is 0 Å². The van der Waals surface area contributed by atoms with Crippen molar-refractivity contribution in [3.05, 3.63) is 23.8 Å². The van der Waals surface area contributed by atoms with Crippen molar-refractivity contribution in [3.63, 3.8) is 0 Å². The normalized spacial score (nSPS) is 21.3. The van der Waals surface area contributed by atoms with Gasteiger partial charge in [-0.25, -0.2) is 0 Å². The van der Waals surface area contributed by atoms with E-state index in [0.29, 0.717) is 0 Å². The van der Waals surface area contributed by atoms with Crippen molar-refractivity contribution in [2.45, 2.75) is 25.7 Å². The molecule has 2 fully saturated rings. The van der Waals surface area contributed by atoms with Crippen LogP contribution in [0.1, 0.15) is 31.2 Å². The molecule has 0 atom stereocenters. The Morgan fingerprint density at radius 3 is 2.50 bits per heavy atom. The number of nitrogens with zero attached hydrogens (tertiary/aromatic N) is 2. The molecule has 2 N–H and O–H groups in total. The molecular formula is C15H23N3. The standard InChI is InChI=1S/C15H23N3/c1-2-17-7-9-18(10-8-17)13-5-6-15(16)14(11-13)12-3-4-12/h5-6,11-12H,2-4,7-10,16H2,1H3. The second-order valence-electron chi connectivity index (χ2n) is 5.51. The van der Waals surface area contributed by atoms with Gasteiger partial charge in [0.25, 0.3) is 0 Å². The number of anilines is 2. The van der Waals surface area contributed by atoms with Gasteiger partial charge in [0.1, 0.15) is 0 Å². The number of nitrogen functional groups attached to an aromatic ring is 1. The van der Waals surface area contributed by atoms with E-state index in [1.807, 2.05) is 0 Å². The Morgan fingerprint density at radius 1 is 1.17 bits per heavy atom. The van der Waals surface area contributed by atoms with Crippen LogP contribution in [0.5, 0.6) is 0 Å². The van der Waals surface area contributed by atoms with Crippen molar-refractivity contribution in [1.29, 1.82) is 0 Å². The summed E-state index contributed by atoms with van der Waals surface area (Å²) in [5.41, 5.74) is 9.80. The number of hydrogen-bond donors (Lipinski definition) is 1. The molecule has 1 aromatic carbocycles. The van der Waals surface area contributed by atoms with Gasteiger partial charge in [-0.2, -0.15) is 0 Å². The van der Waals surface area contributed by atoms with E-state index in [9.17, 15) is 0 Å². The predicted molar refractivity (Wildman–Crippen MR) is 77.2 cm³/mol. The van der Waals surface area contributed by atoms with E-state index in [4.69, 9.17) is 5.73 Å². The summed E-state index contributed by atoms with van der Waals surface area (Å²) in [6, 6.07) is 6.60. The Labute approximate surface area is 110 Å². The maximum atomic E-state index is 6.08. The number of hydrogen-bond acceptors (Lipinski definition) is 3. The zero-order valence-electron chi connectivity index (χ0n) is 11.2. The number of nitrogens with two attached hydrogens (primary N) is 1. The number of rotatable bonds is 3. The second-order valence-corrected chi connectivity index (χ2v) is 5.51. The molecule has 0 aromatic heterocycles. The molecule has 1 aliphatic carbocycles. The average molecular weight is 245 g/mol. The average Bonchev–Trinajstić information content (AvgIpc) is 3.24. The highest BCUT2D eigenvalue weighted by Gasteiger charge is 2.26. The predicted octanol–water partition coefficient (Wildman–Crippen LogP) is 2.29. The topological polar surface area (TPSA) is 32.5 Å². The van der Waals surface area contributed by atoms with Gasteiger partial charge in [-0.05, 0) is 49.1 Å². The van der Waals surface area contributed by atoms with Gasteiger partial charge in [0.2, 0.25) is 0 Å². The minimum atomic E-state index is 0.738. The smallest absolute Gasteiger partial charge is 0.0371 e. The van der Waals surface area contributed by atoms with Crippen LogP contribution < -0.4 is 10.6 Å². The lowest BCUT2D eigenvalue weighted by Crippen LogP contribution is -2.46. The molecule has 18 heavy (non-hydrogen) atoms. The first-order valence-corrected chi connectivity index (χ1v) is 7.14. The van der Waals surface area contributed by atoms with Crippen molar-refractivity contribution in [2.75, 3.05) is 43.4 Å². The van der Waals surface area contributed by atoms with Crippen molar-refractivity contribution in [3.8, 4) is 0 Å². The lowest BCUT2D eigenvalue weighted by molar-refractivity contribution is 0.271. The minimum Gasteiger partial charge on any atom is -0.398 e. The molecular weight excluding hydrogens is 222 g/mol. The Kier molecular flexibility index (Phi) is 3.16. The van der Waals surface area contributed by atoms with Crippen LogP contribution in [0.25, 0.3) is 0 Å². The van der Waals surface area contributed by atoms with Gasteiger partial charge in [-0.1, -0.05) is 6.92 Å². The van der Waals surface area contributed by atoms with Gasteiger partial charge in [0.05, 0.1) is 0 Å².